The minimum atomic E-state index is -0.476. The van der Waals surface area contributed by atoms with Crippen molar-refractivity contribution in [1.29, 1.82) is 0 Å². The number of aromatic nitrogens is 2. The summed E-state index contributed by atoms with van der Waals surface area (Å²) in [5.74, 6) is 1.37. The number of ether oxygens (including phenoxy) is 4. The van der Waals surface area contributed by atoms with Gasteiger partial charge in [-0.25, -0.2) is 14.4 Å². The zero-order chi connectivity index (χ0) is 24.0. The van der Waals surface area contributed by atoms with Crippen LogP contribution in [0.5, 0.6) is 11.5 Å². The van der Waals surface area contributed by atoms with Crippen LogP contribution in [0, 0.1) is 5.82 Å². The first-order chi connectivity index (χ1) is 17.2. The molecule has 0 aliphatic carbocycles. The molecule has 35 heavy (non-hydrogen) atoms. The Kier molecular flexibility index (Phi) is 7.78. The number of morpholine rings is 1. The van der Waals surface area contributed by atoms with E-state index in [0.717, 1.165) is 51.1 Å². The van der Waals surface area contributed by atoms with Gasteiger partial charge in [0.1, 0.15) is 30.7 Å². The van der Waals surface area contributed by atoms with Crippen molar-refractivity contribution in [3.63, 3.8) is 0 Å². The first-order valence-electron chi connectivity index (χ1n) is 11.8. The fourth-order valence-electron chi connectivity index (χ4n) is 4.16. The molecular formula is C25H28ClFN4O4. The molecule has 0 radical (unpaired) electrons. The van der Waals surface area contributed by atoms with Gasteiger partial charge in [0, 0.05) is 49.6 Å². The van der Waals surface area contributed by atoms with Crippen LogP contribution >= 0.6 is 11.6 Å². The molecule has 1 aromatic heterocycles. The summed E-state index contributed by atoms with van der Waals surface area (Å²) in [6, 6.07) is 8.23. The molecule has 0 saturated carbocycles. The van der Waals surface area contributed by atoms with E-state index in [9.17, 15) is 4.39 Å². The average molecular weight is 503 g/mol. The van der Waals surface area contributed by atoms with Crippen LogP contribution in [0.3, 0.4) is 0 Å². The summed E-state index contributed by atoms with van der Waals surface area (Å²) in [5.41, 5.74) is 1.32. The average Bonchev–Trinajstić information content (AvgIpc) is 2.88. The van der Waals surface area contributed by atoms with Gasteiger partial charge >= 0.3 is 0 Å². The molecule has 8 nitrogen and oxygen atoms in total. The number of fused-ring (bicyclic) bond motifs is 1. The Hall–Kier alpha value is -2.72. The molecule has 0 atom stereocenters. The van der Waals surface area contributed by atoms with Crippen LogP contribution in [0.2, 0.25) is 5.02 Å². The number of nitrogens with zero attached hydrogens (tertiary/aromatic N) is 3. The summed E-state index contributed by atoms with van der Waals surface area (Å²) in [5, 5.41) is 4.01. The second kappa shape index (κ2) is 11.3. The molecule has 3 aromatic rings. The van der Waals surface area contributed by atoms with Crippen LogP contribution in [0.15, 0.2) is 36.7 Å². The summed E-state index contributed by atoms with van der Waals surface area (Å²) in [4.78, 5) is 11.2. The van der Waals surface area contributed by atoms with E-state index in [1.807, 2.05) is 12.1 Å². The molecule has 186 valence electrons. The van der Waals surface area contributed by atoms with Crippen molar-refractivity contribution in [2.75, 3.05) is 58.0 Å². The van der Waals surface area contributed by atoms with E-state index < -0.39 is 5.82 Å². The van der Waals surface area contributed by atoms with Gasteiger partial charge in [-0.3, -0.25) is 4.90 Å². The maximum Gasteiger partial charge on any atom is 0.163 e. The molecule has 5 rings (SSSR count). The van der Waals surface area contributed by atoms with E-state index in [-0.39, 0.29) is 11.1 Å². The van der Waals surface area contributed by atoms with Crippen molar-refractivity contribution >= 4 is 34.0 Å². The highest BCUT2D eigenvalue weighted by Crippen LogP contribution is 2.36. The van der Waals surface area contributed by atoms with Crippen LogP contribution < -0.4 is 14.8 Å². The van der Waals surface area contributed by atoms with Crippen molar-refractivity contribution in [3.8, 4) is 11.5 Å². The number of halogens is 2. The van der Waals surface area contributed by atoms with Gasteiger partial charge in [0.05, 0.1) is 37.0 Å². The van der Waals surface area contributed by atoms with E-state index >= 15 is 0 Å². The molecule has 10 heteroatoms. The molecule has 0 amide bonds. The standard InChI is InChI=1S/C25H28ClFN4O4/c26-20-13-17(1-2-21(20)27)30-25-19-14-24(35-18-3-8-32-9-4-18)23(15-22(19)28-16-29-25)34-12-7-31-5-10-33-11-6-31/h1-2,13-16,18H,3-12H2,(H,28,29,30). The van der Waals surface area contributed by atoms with Crippen molar-refractivity contribution in [2.45, 2.75) is 18.9 Å². The quantitative estimate of drug-likeness (QED) is 0.484. The van der Waals surface area contributed by atoms with E-state index in [2.05, 4.69) is 20.2 Å². The molecule has 0 bridgehead atoms. The molecule has 2 aromatic carbocycles. The summed E-state index contributed by atoms with van der Waals surface area (Å²) in [7, 11) is 0. The summed E-state index contributed by atoms with van der Waals surface area (Å²) < 4.78 is 37.1. The predicted molar refractivity (Wildman–Crippen MR) is 131 cm³/mol. The summed E-state index contributed by atoms with van der Waals surface area (Å²) >= 11 is 5.95. The highest BCUT2D eigenvalue weighted by Gasteiger charge is 2.20. The Balaban J connectivity index is 1.41. The third-order valence-corrected chi connectivity index (χ3v) is 6.40. The first kappa shape index (κ1) is 24.0. The molecule has 0 unspecified atom stereocenters. The number of hydrogen-bond acceptors (Lipinski definition) is 8. The Bertz CT molecular complexity index is 1160. The van der Waals surface area contributed by atoms with Gasteiger partial charge in [-0.15, -0.1) is 0 Å². The van der Waals surface area contributed by atoms with Crippen LogP contribution in [0.4, 0.5) is 15.9 Å². The molecule has 0 spiro atoms. The number of benzene rings is 2. The summed E-state index contributed by atoms with van der Waals surface area (Å²) in [6.45, 7) is 5.99. The topological polar surface area (TPSA) is 78.0 Å². The smallest absolute Gasteiger partial charge is 0.163 e. The number of anilines is 2. The molecule has 1 N–H and O–H groups in total. The van der Waals surface area contributed by atoms with Crippen molar-refractivity contribution < 1.29 is 23.3 Å². The van der Waals surface area contributed by atoms with Gasteiger partial charge in [0.2, 0.25) is 0 Å². The van der Waals surface area contributed by atoms with Crippen LogP contribution in [-0.2, 0) is 9.47 Å². The van der Waals surface area contributed by atoms with Crippen LogP contribution in [0.1, 0.15) is 12.8 Å². The lowest BCUT2D eigenvalue weighted by molar-refractivity contribution is 0.0227. The Labute approximate surface area is 208 Å². The maximum atomic E-state index is 13.6. The molecule has 3 heterocycles. The van der Waals surface area contributed by atoms with E-state index in [0.29, 0.717) is 48.3 Å². The minimum Gasteiger partial charge on any atom is -0.488 e. The zero-order valence-corrected chi connectivity index (χ0v) is 20.1. The fourth-order valence-corrected chi connectivity index (χ4v) is 4.34. The second-order valence-corrected chi connectivity index (χ2v) is 8.93. The normalized spacial score (nSPS) is 17.4. The van der Waals surface area contributed by atoms with Gasteiger partial charge in [-0.2, -0.15) is 0 Å². The Morgan fingerprint density at radius 1 is 1.03 bits per heavy atom. The third-order valence-electron chi connectivity index (χ3n) is 6.11. The first-order valence-corrected chi connectivity index (χ1v) is 12.2. The number of nitrogens with one attached hydrogen (secondary N) is 1. The minimum absolute atomic E-state index is 0.0351. The third kappa shape index (κ3) is 6.10. The van der Waals surface area contributed by atoms with E-state index in [1.165, 1.54) is 18.5 Å². The molecular weight excluding hydrogens is 475 g/mol. The van der Waals surface area contributed by atoms with Crippen LogP contribution in [-0.4, -0.2) is 73.6 Å². The Morgan fingerprint density at radius 2 is 1.83 bits per heavy atom. The Morgan fingerprint density at radius 3 is 2.63 bits per heavy atom. The van der Waals surface area contributed by atoms with Gasteiger partial charge in [0.25, 0.3) is 0 Å². The lowest BCUT2D eigenvalue weighted by atomic mass is 10.1. The van der Waals surface area contributed by atoms with Crippen molar-refractivity contribution in [2.24, 2.45) is 0 Å². The van der Waals surface area contributed by atoms with Gasteiger partial charge in [-0.1, -0.05) is 11.6 Å². The molecule has 2 aliphatic heterocycles. The highest BCUT2D eigenvalue weighted by molar-refractivity contribution is 6.31. The highest BCUT2D eigenvalue weighted by atomic mass is 35.5. The van der Waals surface area contributed by atoms with Gasteiger partial charge in [0.15, 0.2) is 11.5 Å². The van der Waals surface area contributed by atoms with Gasteiger partial charge < -0.3 is 24.3 Å². The lowest BCUT2D eigenvalue weighted by Crippen LogP contribution is -2.38. The fraction of sp³-hybridized carbons (Fsp3) is 0.440. The lowest BCUT2D eigenvalue weighted by Gasteiger charge is -2.27. The molecule has 2 fully saturated rings. The molecule has 2 saturated heterocycles. The van der Waals surface area contributed by atoms with Crippen molar-refractivity contribution in [1.82, 2.24) is 14.9 Å². The van der Waals surface area contributed by atoms with Gasteiger partial charge in [-0.05, 0) is 24.3 Å². The van der Waals surface area contributed by atoms with E-state index in [1.54, 1.807) is 6.07 Å². The predicted octanol–water partition coefficient (Wildman–Crippen LogP) is 4.43. The second-order valence-electron chi connectivity index (χ2n) is 8.52. The monoisotopic (exact) mass is 502 g/mol. The largest absolute Gasteiger partial charge is 0.488 e. The summed E-state index contributed by atoms with van der Waals surface area (Å²) in [6.07, 6.45) is 3.15. The zero-order valence-electron chi connectivity index (χ0n) is 19.3. The SMILES string of the molecule is Fc1ccc(Nc2ncnc3cc(OCCN4CCOCC4)c(OC4CCOCC4)cc23)cc1Cl. The maximum absolute atomic E-state index is 13.6. The van der Waals surface area contributed by atoms with Crippen LogP contribution in [0.25, 0.3) is 10.9 Å². The van der Waals surface area contributed by atoms with E-state index in [4.69, 9.17) is 30.5 Å². The van der Waals surface area contributed by atoms with Crippen molar-refractivity contribution in [3.05, 3.63) is 47.5 Å². The number of hydrogen-bond donors (Lipinski definition) is 1. The molecule has 2 aliphatic rings. The number of rotatable bonds is 8.